The predicted molar refractivity (Wildman–Crippen MR) is 71.4 cm³/mol. The van der Waals surface area contributed by atoms with E-state index < -0.39 is 0 Å². The van der Waals surface area contributed by atoms with E-state index in [1.807, 2.05) is 0 Å². The van der Waals surface area contributed by atoms with Crippen LogP contribution in [0.2, 0.25) is 0 Å². The van der Waals surface area contributed by atoms with Crippen LogP contribution in [-0.4, -0.2) is 24.7 Å². The van der Waals surface area contributed by atoms with Gasteiger partial charge in [0.05, 0.1) is 23.4 Å². The van der Waals surface area contributed by atoms with E-state index in [-0.39, 0.29) is 0 Å². The maximum atomic E-state index is 5.61. The van der Waals surface area contributed by atoms with E-state index in [0.29, 0.717) is 12.0 Å². The first-order chi connectivity index (χ1) is 8.31. The van der Waals surface area contributed by atoms with Gasteiger partial charge in [0, 0.05) is 17.9 Å². The van der Waals surface area contributed by atoms with Gasteiger partial charge < -0.3 is 10.1 Å². The number of nitrogens with one attached hydrogen (secondary N) is 1. The summed E-state index contributed by atoms with van der Waals surface area (Å²) in [5, 5.41) is 6.98. The fourth-order valence-electron chi connectivity index (χ4n) is 2.36. The lowest BCUT2D eigenvalue weighted by Crippen LogP contribution is -2.34. The summed E-state index contributed by atoms with van der Waals surface area (Å²) in [5.74, 6) is 0.580. The molecule has 4 heteroatoms. The second kappa shape index (κ2) is 6.47. The molecule has 1 aliphatic heterocycles. The second-order valence-corrected chi connectivity index (χ2v) is 5.76. The Bertz CT molecular complexity index is 334. The van der Waals surface area contributed by atoms with Gasteiger partial charge >= 0.3 is 0 Å². The van der Waals surface area contributed by atoms with Crippen LogP contribution in [0.1, 0.15) is 42.9 Å². The lowest BCUT2D eigenvalue weighted by atomic mass is 9.92. The van der Waals surface area contributed by atoms with Crippen LogP contribution in [0.3, 0.4) is 0 Å². The van der Waals surface area contributed by atoms with E-state index in [1.54, 1.807) is 11.3 Å². The van der Waals surface area contributed by atoms with E-state index >= 15 is 0 Å². The van der Waals surface area contributed by atoms with Crippen LogP contribution in [0, 0.1) is 12.8 Å². The molecular formula is C13H22N2OS. The maximum Gasteiger partial charge on any atom is 0.0898 e. The first kappa shape index (κ1) is 13.0. The summed E-state index contributed by atoms with van der Waals surface area (Å²) in [7, 11) is 0. The number of hydrogen-bond donors (Lipinski definition) is 1. The Morgan fingerprint density at radius 3 is 3.12 bits per heavy atom. The molecule has 2 atom stereocenters. The highest BCUT2D eigenvalue weighted by molar-refractivity contribution is 7.09. The zero-order chi connectivity index (χ0) is 12.1. The highest BCUT2D eigenvalue weighted by atomic mass is 32.1. The zero-order valence-corrected chi connectivity index (χ0v) is 11.6. The molecule has 17 heavy (non-hydrogen) atoms. The molecule has 1 aromatic heterocycles. The second-order valence-electron chi connectivity index (χ2n) is 4.70. The third kappa shape index (κ3) is 3.50. The molecule has 0 amide bonds. The third-order valence-electron chi connectivity index (χ3n) is 3.24. The van der Waals surface area contributed by atoms with E-state index in [2.05, 4.69) is 29.5 Å². The van der Waals surface area contributed by atoms with Crippen molar-refractivity contribution in [1.82, 2.24) is 10.3 Å². The molecular weight excluding hydrogens is 232 g/mol. The first-order valence-corrected chi connectivity index (χ1v) is 7.42. The quantitative estimate of drug-likeness (QED) is 0.877. The van der Waals surface area contributed by atoms with Crippen LogP contribution in [-0.2, 0) is 4.74 Å². The van der Waals surface area contributed by atoms with Crippen molar-refractivity contribution in [2.75, 3.05) is 19.8 Å². The number of ether oxygens (including phenoxy) is 1. The van der Waals surface area contributed by atoms with Crippen LogP contribution < -0.4 is 5.32 Å². The Balaban J connectivity index is 2.06. The van der Waals surface area contributed by atoms with Crippen LogP contribution >= 0.6 is 11.3 Å². The number of hydrogen-bond acceptors (Lipinski definition) is 4. The van der Waals surface area contributed by atoms with Gasteiger partial charge in [-0.3, -0.25) is 0 Å². The van der Waals surface area contributed by atoms with Gasteiger partial charge in [-0.05, 0) is 32.7 Å². The molecule has 2 unspecified atom stereocenters. The van der Waals surface area contributed by atoms with Crippen molar-refractivity contribution in [1.29, 1.82) is 0 Å². The van der Waals surface area contributed by atoms with E-state index in [1.165, 1.54) is 18.5 Å². The SMILES string of the molecule is CCCNC(c1csc(C)n1)C1CCCOC1. The van der Waals surface area contributed by atoms with Crippen LogP contribution in [0.4, 0.5) is 0 Å². The molecule has 1 saturated heterocycles. The highest BCUT2D eigenvalue weighted by Gasteiger charge is 2.26. The maximum absolute atomic E-state index is 5.61. The molecule has 2 rings (SSSR count). The molecule has 1 aliphatic rings. The molecule has 96 valence electrons. The van der Waals surface area contributed by atoms with Crippen molar-refractivity contribution in [3.63, 3.8) is 0 Å². The van der Waals surface area contributed by atoms with Crippen molar-refractivity contribution in [2.24, 2.45) is 5.92 Å². The average molecular weight is 254 g/mol. The normalized spacial score (nSPS) is 22.6. The Morgan fingerprint density at radius 2 is 2.53 bits per heavy atom. The average Bonchev–Trinajstić information content (AvgIpc) is 2.78. The van der Waals surface area contributed by atoms with Crippen molar-refractivity contribution in [3.05, 3.63) is 16.1 Å². The molecule has 1 N–H and O–H groups in total. The molecule has 3 nitrogen and oxygen atoms in total. The van der Waals surface area contributed by atoms with Crippen LogP contribution in [0.25, 0.3) is 0 Å². The monoisotopic (exact) mass is 254 g/mol. The van der Waals surface area contributed by atoms with Crippen LogP contribution in [0.5, 0.6) is 0 Å². The van der Waals surface area contributed by atoms with E-state index in [0.717, 1.165) is 31.2 Å². The molecule has 2 heterocycles. The summed E-state index contributed by atoms with van der Waals surface area (Å²) in [4.78, 5) is 4.64. The standard InChI is InChI=1S/C13H22N2OS/c1-3-6-14-13(11-5-4-7-16-8-11)12-9-17-10(2)15-12/h9,11,13-14H,3-8H2,1-2H3. The molecule has 1 fully saturated rings. The fraction of sp³-hybridized carbons (Fsp3) is 0.769. The molecule has 0 spiro atoms. The number of nitrogens with zero attached hydrogens (tertiary/aromatic N) is 1. The fourth-order valence-corrected chi connectivity index (χ4v) is 3.01. The van der Waals surface area contributed by atoms with Crippen molar-refractivity contribution in [3.8, 4) is 0 Å². The lowest BCUT2D eigenvalue weighted by Gasteiger charge is -2.30. The summed E-state index contributed by atoms with van der Waals surface area (Å²) >= 11 is 1.74. The third-order valence-corrected chi connectivity index (χ3v) is 4.03. The van der Waals surface area contributed by atoms with Gasteiger partial charge in [-0.2, -0.15) is 0 Å². The van der Waals surface area contributed by atoms with E-state index in [9.17, 15) is 0 Å². The molecule has 0 aromatic carbocycles. The van der Waals surface area contributed by atoms with Gasteiger partial charge in [-0.1, -0.05) is 6.92 Å². The molecule has 0 aliphatic carbocycles. The number of rotatable bonds is 5. The summed E-state index contributed by atoms with van der Waals surface area (Å²) in [6, 6.07) is 0.375. The largest absolute Gasteiger partial charge is 0.381 e. The number of aryl methyl sites for hydroxylation is 1. The zero-order valence-electron chi connectivity index (χ0n) is 10.7. The summed E-state index contributed by atoms with van der Waals surface area (Å²) in [6.07, 6.45) is 3.59. The van der Waals surface area contributed by atoms with E-state index in [4.69, 9.17) is 4.74 Å². The van der Waals surface area contributed by atoms with Crippen molar-refractivity contribution < 1.29 is 4.74 Å². The van der Waals surface area contributed by atoms with Gasteiger partial charge in [0.25, 0.3) is 0 Å². The highest BCUT2D eigenvalue weighted by Crippen LogP contribution is 2.29. The molecule has 0 saturated carbocycles. The molecule has 0 bridgehead atoms. The van der Waals surface area contributed by atoms with Crippen LogP contribution in [0.15, 0.2) is 5.38 Å². The Labute approximate surface area is 108 Å². The first-order valence-electron chi connectivity index (χ1n) is 6.54. The van der Waals surface area contributed by atoms with Gasteiger partial charge in [0.2, 0.25) is 0 Å². The number of thiazole rings is 1. The minimum absolute atomic E-state index is 0.375. The Kier molecular flexibility index (Phi) is 4.95. The predicted octanol–water partition coefficient (Wildman–Crippen LogP) is 2.92. The Morgan fingerprint density at radius 1 is 1.65 bits per heavy atom. The van der Waals surface area contributed by atoms with Gasteiger partial charge in [0.15, 0.2) is 0 Å². The smallest absolute Gasteiger partial charge is 0.0898 e. The summed E-state index contributed by atoms with van der Waals surface area (Å²) < 4.78 is 5.61. The number of aromatic nitrogens is 1. The lowest BCUT2D eigenvalue weighted by molar-refractivity contribution is 0.0385. The van der Waals surface area contributed by atoms with Gasteiger partial charge in [-0.25, -0.2) is 4.98 Å². The van der Waals surface area contributed by atoms with Crippen molar-refractivity contribution in [2.45, 2.75) is 39.2 Å². The minimum Gasteiger partial charge on any atom is -0.381 e. The Hall–Kier alpha value is -0.450. The topological polar surface area (TPSA) is 34.2 Å². The summed E-state index contributed by atoms with van der Waals surface area (Å²) in [5.41, 5.74) is 1.21. The molecule has 1 aromatic rings. The minimum atomic E-state index is 0.375. The van der Waals surface area contributed by atoms with Gasteiger partial charge in [-0.15, -0.1) is 11.3 Å². The summed E-state index contributed by atoms with van der Waals surface area (Å²) in [6.45, 7) is 7.12. The van der Waals surface area contributed by atoms with Gasteiger partial charge in [0.1, 0.15) is 0 Å². The molecule has 0 radical (unpaired) electrons. The van der Waals surface area contributed by atoms with Crippen molar-refractivity contribution >= 4 is 11.3 Å².